The molecule has 1 fully saturated rings. The quantitative estimate of drug-likeness (QED) is 0.629. The second kappa shape index (κ2) is 8.84. The molecule has 28 heavy (non-hydrogen) atoms. The van der Waals surface area contributed by atoms with Crippen LogP contribution >= 0.6 is 11.6 Å². The van der Waals surface area contributed by atoms with E-state index in [-0.39, 0.29) is 24.4 Å². The lowest BCUT2D eigenvalue weighted by molar-refractivity contribution is -0.114. The first kappa shape index (κ1) is 19.8. The van der Waals surface area contributed by atoms with Gasteiger partial charge >= 0.3 is 0 Å². The average Bonchev–Trinajstić information content (AvgIpc) is 3.51. The molecule has 0 saturated heterocycles. The lowest BCUT2D eigenvalue weighted by Gasteiger charge is -2.14. The van der Waals surface area contributed by atoms with Gasteiger partial charge in [-0.3, -0.25) is 9.59 Å². The monoisotopic (exact) mass is 403 g/mol. The van der Waals surface area contributed by atoms with Gasteiger partial charge < -0.3 is 25.4 Å². The molecule has 1 aliphatic carbocycles. The van der Waals surface area contributed by atoms with Gasteiger partial charge in [-0.2, -0.15) is 0 Å². The maximum absolute atomic E-state index is 12.4. The van der Waals surface area contributed by atoms with E-state index in [0.29, 0.717) is 33.5 Å². The summed E-state index contributed by atoms with van der Waals surface area (Å²) in [6.45, 7) is -0.0273. The number of anilines is 2. The van der Waals surface area contributed by atoms with Crippen molar-refractivity contribution in [3.05, 3.63) is 47.0 Å². The van der Waals surface area contributed by atoms with Crippen LogP contribution < -0.4 is 25.4 Å². The molecule has 0 atom stereocenters. The molecule has 1 saturated carbocycles. The second-order valence-corrected chi connectivity index (χ2v) is 6.79. The standard InChI is InChI=1S/C20H22ClN3O4/c1-27-17-10-18(28-2)16(9-14(17)21)24-19(25)11-22-15-6-4-3-5-13(15)20(26)23-12-7-8-12/h3-6,9-10,12,22H,7-8,11H2,1-2H3,(H,23,26)(H,24,25). The summed E-state index contributed by atoms with van der Waals surface area (Å²) in [7, 11) is 2.99. The van der Waals surface area contributed by atoms with Crippen molar-refractivity contribution in [2.45, 2.75) is 18.9 Å². The van der Waals surface area contributed by atoms with Crippen LogP contribution in [0.25, 0.3) is 0 Å². The smallest absolute Gasteiger partial charge is 0.253 e. The maximum Gasteiger partial charge on any atom is 0.253 e. The van der Waals surface area contributed by atoms with Crippen LogP contribution in [0.4, 0.5) is 11.4 Å². The Morgan fingerprint density at radius 1 is 1.07 bits per heavy atom. The van der Waals surface area contributed by atoms with Gasteiger partial charge in [-0.15, -0.1) is 0 Å². The summed E-state index contributed by atoms with van der Waals surface area (Å²) in [4.78, 5) is 24.7. The number of amides is 2. The van der Waals surface area contributed by atoms with Crippen LogP contribution in [0.2, 0.25) is 5.02 Å². The number of hydrogen-bond acceptors (Lipinski definition) is 5. The van der Waals surface area contributed by atoms with Crippen LogP contribution in [0.5, 0.6) is 11.5 Å². The van der Waals surface area contributed by atoms with Gasteiger partial charge in [0.15, 0.2) is 0 Å². The highest BCUT2D eigenvalue weighted by molar-refractivity contribution is 6.32. The fourth-order valence-electron chi connectivity index (χ4n) is 2.65. The Balaban J connectivity index is 1.65. The zero-order valence-corrected chi connectivity index (χ0v) is 16.4. The Hall–Kier alpha value is -2.93. The minimum Gasteiger partial charge on any atom is -0.495 e. The Kier molecular flexibility index (Phi) is 6.26. The zero-order chi connectivity index (χ0) is 20.1. The molecule has 0 aliphatic heterocycles. The van der Waals surface area contributed by atoms with E-state index in [1.165, 1.54) is 14.2 Å². The Morgan fingerprint density at radius 3 is 2.46 bits per heavy atom. The predicted molar refractivity (Wildman–Crippen MR) is 109 cm³/mol. The van der Waals surface area contributed by atoms with Gasteiger partial charge in [-0.25, -0.2) is 0 Å². The third-order valence-electron chi connectivity index (χ3n) is 4.27. The molecule has 0 unspecified atom stereocenters. The summed E-state index contributed by atoms with van der Waals surface area (Å²) in [5, 5.41) is 9.06. The Bertz CT molecular complexity index is 884. The van der Waals surface area contributed by atoms with Crippen molar-refractivity contribution < 1.29 is 19.1 Å². The number of nitrogens with one attached hydrogen (secondary N) is 3. The second-order valence-electron chi connectivity index (χ2n) is 6.38. The van der Waals surface area contributed by atoms with Gasteiger partial charge in [0.2, 0.25) is 5.91 Å². The van der Waals surface area contributed by atoms with E-state index in [1.54, 1.807) is 36.4 Å². The lowest BCUT2D eigenvalue weighted by Crippen LogP contribution is -2.27. The van der Waals surface area contributed by atoms with Crippen LogP contribution in [0.15, 0.2) is 36.4 Å². The number of carbonyl (C=O) groups is 2. The highest BCUT2D eigenvalue weighted by atomic mass is 35.5. The van der Waals surface area contributed by atoms with Crippen molar-refractivity contribution in [3.63, 3.8) is 0 Å². The van der Waals surface area contributed by atoms with E-state index in [9.17, 15) is 9.59 Å². The summed E-state index contributed by atoms with van der Waals surface area (Å²) in [6, 6.07) is 10.5. The summed E-state index contributed by atoms with van der Waals surface area (Å²) < 4.78 is 10.4. The molecular weight excluding hydrogens is 382 g/mol. The Morgan fingerprint density at radius 2 is 1.79 bits per heavy atom. The van der Waals surface area contributed by atoms with Gasteiger partial charge in [-0.05, 0) is 31.0 Å². The molecule has 0 radical (unpaired) electrons. The van der Waals surface area contributed by atoms with Crippen LogP contribution in [-0.4, -0.2) is 38.6 Å². The number of ether oxygens (including phenoxy) is 2. The first-order valence-electron chi connectivity index (χ1n) is 8.87. The van der Waals surface area contributed by atoms with Crippen LogP contribution in [-0.2, 0) is 4.79 Å². The number of para-hydroxylation sites is 1. The van der Waals surface area contributed by atoms with Crippen molar-refractivity contribution in [3.8, 4) is 11.5 Å². The van der Waals surface area contributed by atoms with E-state index in [2.05, 4.69) is 16.0 Å². The van der Waals surface area contributed by atoms with Gasteiger partial charge in [0, 0.05) is 17.8 Å². The zero-order valence-electron chi connectivity index (χ0n) is 15.7. The minimum absolute atomic E-state index is 0.0273. The summed E-state index contributed by atoms with van der Waals surface area (Å²) in [5.41, 5.74) is 1.53. The maximum atomic E-state index is 12.4. The largest absolute Gasteiger partial charge is 0.495 e. The van der Waals surface area contributed by atoms with Gasteiger partial charge in [0.05, 0.1) is 37.0 Å². The fraction of sp³-hybridized carbons (Fsp3) is 0.300. The van der Waals surface area contributed by atoms with Crippen molar-refractivity contribution in [2.24, 2.45) is 0 Å². The molecule has 7 nitrogen and oxygen atoms in total. The number of methoxy groups -OCH3 is 2. The van der Waals surface area contributed by atoms with Crippen LogP contribution in [0.1, 0.15) is 23.2 Å². The summed E-state index contributed by atoms with van der Waals surface area (Å²) in [5.74, 6) is 0.426. The van der Waals surface area contributed by atoms with Crippen LogP contribution in [0.3, 0.4) is 0 Å². The normalized spacial score (nSPS) is 12.8. The molecule has 0 aromatic heterocycles. The highest BCUT2D eigenvalue weighted by Crippen LogP contribution is 2.35. The molecule has 148 valence electrons. The number of halogens is 1. The van der Waals surface area contributed by atoms with Gasteiger partial charge in [0.25, 0.3) is 5.91 Å². The van der Waals surface area contributed by atoms with E-state index >= 15 is 0 Å². The molecule has 3 N–H and O–H groups in total. The molecule has 2 aromatic rings. The Labute approximate surface area is 168 Å². The number of rotatable bonds is 8. The lowest BCUT2D eigenvalue weighted by atomic mass is 10.1. The first-order chi connectivity index (χ1) is 13.5. The van der Waals surface area contributed by atoms with Gasteiger partial charge in [0.1, 0.15) is 11.5 Å². The first-order valence-corrected chi connectivity index (χ1v) is 9.24. The van der Waals surface area contributed by atoms with Crippen molar-refractivity contribution >= 4 is 34.8 Å². The number of benzene rings is 2. The van der Waals surface area contributed by atoms with E-state index in [4.69, 9.17) is 21.1 Å². The third-order valence-corrected chi connectivity index (χ3v) is 4.57. The van der Waals surface area contributed by atoms with E-state index in [0.717, 1.165) is 12.8 Å². The number of hydrogen-bond donors (Lipinski definition) is 3. The molecule has 0 spiro atoms. The molecule has 3 rings (SSSR count). The molecule has 2 aromatic carbocycles. The molecule has 8 heteroatoms. The summed E-state index contributed by atoms with van der Waals surface area (Å²) in [6.07, 6.45) is 2.02. The topological polar surface area (TPSA) is 88.7 Å². The highest BCUT2D eigenvalue weighted by Gasteiger charge is 2.24. The van der Waals surface area contributed by atoms with E-state index in [1.807, 2.05) is 0 Å². The van der Waals surface area contributed by atoms with Gasteiger partial charge in [-0.1, -0.05) is 23.7 Å². The molecule has 0 bridgehead atoms. The molecule has 1 aliphatic rings. The van der Waals surface area contributed by atoms with Crippen molar-refractivity contribution in [2.75, 3.05) is 31.4 Å². The van der Waals surface area contributed by atoms with Crippen molar-refractivity contribution in [1.82, 2.24) is 5.32 Å². The summed E-state index contributed by atoms with van der Waals surface area (Å²) >= 11 is 6.13. The number of carbonyl (C=O) groups excluding carboxylic acids is 2. The van der Waals surface area contributed by atoms with E-state index < -0.39 is 0 Å². The SMILES string of the molecule is COc1cc(OC)c(NC(=O)CNc2ccccc2C(=O)NC2CC2)cc1Cl. The molecular formula is C20H22ClN3O4. The molecule has 0 heterocycles. The minimum atomic E-state index is -0.308. The fourth-order valence-corrected chi connectivity index (χ4v) is 2.89. The van der Waals surface area contributed by atoms with Crippen LogP contribution in [0, 0.1) is 0 Å². The molecule has 2 amide bonds. The third kappa shape index (κ3) is 4.86. The predicted octanol–water partition coefficient (Wildman–Crippen LogP) is 3.30. The van der Waals surface area contributed by atoms with Crippen molar-refractivity contribution in [1.29, 1.82) is 0 Å². The average molecular weight is 404 g/mol.